The van der Waals surface area contributed by atoms with Crippen molar-refractivity contribution < 1.29 is 14.3 Å². The molecule has 138 valence electrons. The van der Waals surface area contributed by atoms with Gasteiger partial charge in [0.15, 0.2) is 0 Å². The average molecular weight is 349 g/mol. The van der Waals surface area contributed by atoms with E-state index in [4.69, 9.17) is 4.74 Å². The lowest BCUT2D eigenvalue weighted by molar-refractivity contribution is -0.133. The monoisotopic (exact) mass is 349 g/mol. The number of hydrogen-bond acceptors (Lipinski definition) is 5. The summed E-state index contributed by atoms with van der Waals surface area (Å²) in [4.78, 5) is 28.9. The number of aryl methyl sites for hydroxylation is 2. The minimum Gasteiger partial charge on any atom is -0.379 e. The van der Waals surface area contributed by atoms with Crippen LogP contribution in [-0.2, 0) is 16.1 Å². The summed E-state index contributed by atoms with van der Waals surface area (Å²) in [6.45, 7) is 9.35. The molecule has 3 heterocycles. The second-order valence-electron chi connectivity index (χ2n) is 6.52. The molecule has 8 nitrogen and oxygen atoms in total. The van der Waals surface area contributed by atoms with Crippen molar-refractivity contribution in [2.24, 2.45) is 0 Å². The number of likely N-dealkylation sites (tertiary alicyclic amines) is 1. The minimum atomic E-state index is -0.131. The Labute approximate surface area is 148 Å². The molecule has 0 radical (unpaired) electrons. The molecule has 0 spiro atoms. The maximum Gasteiger partial charge on any atom is 0.254 e. The second kappa shape index (κ2) is 7.97. The highest BCUT2D eigenvalue weighted by atomic mass is 16.5. The zero-order chi connectivity index (χ0) is 17.8. The zero-order valence-corrected chi connectivity index (χ0v) is 15.0. The Bertz CT molecular complexity index is 624. The molecule has 0 aromatic carbocycles. The van der Waals surface area contributed by atoms with Gasteiger partial charge in [0.05, 0.1) is 30.5 Å². The summed E-state index contributed by atoms with van der Waals surface area (Å²) in [5.41, 5.74) is 1.32. The van der Waals surface area contributed by atoms with Crippen molar-refractivity contribution in [3.05, 3.63) is 17.5 Å². The third kappa shape index (κ3) is 4.01. The van der Waals surface area contributed by atoms with Gasteiger partial charge in [0, 0.05) is 45.5 Å². The van der Waals surface area contributed by atoms with Gasteiger partial charge in [0.25, 0.3) is 5.91 Å². The third-order valence-corrected chi connectivity index (χ3v) is 4.94. The molecule has 2 amide bonds. The van der Waals surface area contributed by atoms with Crippen LogP contribution in [0.2, 0.25) is 0 Å². The molecule has 25 heavy (non-hydrogen) atoms. The molecule has 0 aliphatic carbocycles. The van der Waals surface area contributed by atoms with Gasteiger partial charge in [-0.05, 0) is 20.3 Å². The smallest absolute Gasteiger partial charge is 0.254 e. The summed E-state index contributed by atoms with van der Waals surface area (Å²) in [6, 6.07) is -0.0235. The van der Waals surface area contributed by atoms with Gasteiger partial charge in [-0.25, -0.2) is 0 Å². The van der Waals surface area contributed by atoms with Crippen LogP contribution >= 0.6 is 0 Å². The van der Waals surface area contributed by atoms with Crippen LogP contribution in [0.25, 0.3) is 0 Å². The van der Waals surface area contributed by atoms with Crippen molar-refractivity contribution in [3.63, 3.8) is 0 Å². The van der Waals surface area contributed by atoms with Crippen LogP contribution in [-0.4, -0.2) is 83.4 Å². The van der Waals surface area contributed by atoms with Crippen LogP contribution < -0.4 is 5.32 Å². The van der Waals surface area contributed by atoms with Gasteiger partial charge in [-0.3, -0.25) is 19.2 Å². The van der Waals surface area contributed by atoms with E-state index in [-0.39, 0.29) is 17.9 Å². The number of nitrogens with one attached hydrogen (secondary N) is 1. The fourth-order valence-electron chi connectivity index (χ4n) is 3.47. The fourth-order valence-corrected chi connectivity index (χ4v) is 3.47. The van der Waals surface area contributed by atoms with Crippen molar-refractivity contribution in [3.8, 4) is 0 Å². The topological polar surface area (TPSA) is 79.7 Å². The predicted molar refractivity (Wildman–Crippen MR) is 92.3 cm³/mol. The van der Waals surface area contributed by atoms with E-state index < -0.39 is 0 Å². The number of nitrogens with zero attached hydrogens (tertiary/aromatic N) is 4. The Balaban J connectivity index is 1.46. The molecular formula is C17H27N5O3. The van der Waals surface area contributed by atoms with Crippen molar-refractivity contribution in [1.82, 2.24) is 24.9 Å². The zero-order valence-electron chi connectivity index (χ0n) is 15.0. The molecule has 0 saturated carbocycles. The summed E-state index contributed by atoms with van der Waals surface area (Å²) in [5, 5.41) is 7.18. The summed E-state index contributed by atoms with van der Waals surface area (Å²) in [7, 11) is 0. The standard InChI is InChI=1S/C17H27N5O3/c1-3-22-12-14(13(2)19-22)16(23)18-5-7-21-6-4-15(17(21)24)20-8-10-25-11-9-20/h12,15H,3-11H2,1-2H3,(H,18,23). The lowest BCUT2D eigenvalue weighted by Gasteiger charge is -2.31. The normalized spacial score (nSPS) is 21.8. The van der Waals surface area contributed by atoms with Crippen LogP contribution in [0.15, 0.2) is 6.20 Å². The first kappa shape index (κ1) is 17.9. The van der Waals surface area contributed by atoms with Gasteiger partial charge in [0.1, 0.15) is 0 Å². The van der Waals surface area contributed by atoms with E-state index in [0.717, 1.165) is 38.3 Å². The van der Waals surface area contributed by atoms with Crippen molar-refractivity contribution >= 4 is 11.8 Å². The van der Waals surface area contributed by atoms with E-state index in [1.807, 2.05) is 18.7 Å². The minimum absolute atomic E-state index is 0.0235. The van der Waals surface area contributed by atoms with Crippen LogP contribution in [0.5, 0.6) is 0 Å². The molecule has 1 unspecified atom stereocenters. The Morgan fingerprint density at radius 1 is 1.36 bits per heavy atom. The Morgan fingerprint density at radius 3 is 2.80 bits per heavy atom. The molecule has 8 heteroatoms. The number of ether oxygens (including phenoxy) is 1. The summed E-state index contributed by atoms with van der Waals surface area (Å²) in [6.07, 6.45) is 2.62. The first-order valence-corrected chi connectivity index (χ1v) is 9.03. The SMILES string of the molecule is CCn1cc(C(=O)NCCN2CCC(N3CCOCC3)C2=O)c(C)n1. The highest BCUT2D eigenvalue weighted by Gasteiger charge is 2.36. The van der Waals surface area contributed by atoms with Gasteiger partial charge in [-0.15, -0.1) is 0 Å². The molecule has 2 aliphatic rings. The van der Waals surface area contributed by atoms with Crippen LogP contribution in [0.1, 0.15) is 29.4 Å². The summed E-state index contributed by atoms with van der Waals surface area (Å²) in [5.74, 6) is 0.0414. The van der Waals surface area contributed by atoms with E-state index in [1.165, 1.54) is 0 Å². The molecular weight excluding hydrogens is 322 g/mol. The van der Waals surface area contributed by atoms with E-state index in [1.54, 1.807) is 10.9 Å². The Morgan fingerprint density at radius 2 is 2.12 bits per heavy atom. The maximum atomic E-state index is 12.6. The van der Waals surface area contributed by atoms with E-state index >= 15 is 0 Å². The van der Waals surface area contributed by atoms with E-state index in [9.17, 15) is 9.59 Å². The molecule has 2 fully saturated rings. The summed E-state index contributed by atoms with van der Waals surface area (Å²) >= 11 is 0. The number of carbonyl (C=O) groups is 2. The molecule has 2 saturated heterocycles. The quantitative estimate of drug-likeness (QED) is 0.774. The van der Waals surface area contributed by atoms with Gasteiger partial charge in [0.2, 0.25) is 5.91 Å². The first-order valence-electron chi connectivity index (χ1n) is 9.03. The Hall–Kier alpha value is -1.93. The maximum absolute atomic E-state index is 12.6. The number of morpholine rings is 1. The average Bonchev–Trinajstić information content (AvgIpc) is 3.18. The molecule has 1 atom stereocenters. The highest BCUT2D eigenvalue weighted by molar-refractivity contribution is 5.95. The van der Waals surface area contributed by atoms with Crippen molar-refractivity contribution in [2.75, 3.05) is 45.9 Å². The second-order valence-corrected chi connectivity index (χ2v) is 6.52. The lowest BCUT2D eigenvalue weighted by Crippen LogP contribution is -2.48. The van der Waals surface area contributed by atoms with Gasteiger partial charge in [-0.2, -0.15) is 5.10 Å². The number of aromatic nitrogens is 2. The molecule has 0 bridgehead atoms. The number of amides is 2. The number of hydrogen-bond donors (Lipinski definition) is 1. The van der Waals surface area contributed by atoms with Gasteiger partial charge < -0.3 is 15.0 Å². The number of rotatable bonds is 6. The van der Waals surface area contributed by atoms with Crippen LogP contribution in [0.4, 0.5) is 0 Å². The van der Waals surface area contributed by atoms with Crippen LogP contribution in [0, 0.1) is 6.92 Å². The van der Waals surface area contributed by atoms with E-state index in [0.29, 0.717) is 31.9 Å². The lowest BCUT2D eigenvalue weighted by atomic mass is 10.2. The summed E-state index contributed by atoms with van der Waals surface area (Å²) < 4.78 is 7.10. The fraction of sp³-hybridized carbons (Fsp3) is 0.706. The van der Waals surface area contributed by atoms with Crippen molar-refractivity contribution in [1.29, 1.82) is 0 Å². The van der Waals surface area contributed by atoms with Gasteiger partial charge in [-0.1, -0.05) is 0 Å². The van der Waals surface area contributed by atoms with Crippen molar-refractivity contribution in [2.45, 2.75) is 32.9 Å². The highest BCUT2D eigenvalue weighted by Crippen LogP contribution is 2.18. The molecule has 1 aromatic rings. The third-order valence-electron chi connectivity index (χ3n) is 4.94. The largest absolute Gasteiger partial charge is 0.379 e. The Kier molecular flexibility index (Phi) is 5.70. The number of carbonyl (C=O) groups excluding carboxylic acids is 2. The van der Waals surface area contributed by atoms with E-state index in [2.05, 4.69) is 15.3 Å². The molecule has 3 rings (SSSR count). The predicted octanol–water partition coefficient (Wildman–Crippen LogP) is -0.126. The van der Waals surface area contributed by atoms with Gasteiger partial charge >= 0.3 is 0 Å². The first-order chi connectivity index (χ1) is 12.1. The molecule has 2 aliphatic heterocycles. The molecule has 1 aromatic heterocycles. The molecule has 1 N–H and O–H groups in total. The van der Waals surface area contributed by atoms with Crippen LogP contribution in [0.3, 0.4) is 0 Å².